The first kappa shape index (κ1) is 12.1. The highest BCUT2D eigenvalue weighted by Gasteiger charge is 2.14. The van der Waals surface area contributed by atoms with Gasteiger partial charge in [0.2, 0.25) is 11.9 Å². The molecule has 96 valence electrons. The fraction of sp³-hybridized carbons (Fsp3) is 0.400. The average molecular weight is 249 g/mol. The summed E-state index contributed by atoms with van der Waals surface area (Å²) in [6.07, 6.45) is 1.62. The number of aromatic amines is 1. The number of nitrogens with two attached hydrogens (primary N) is 1. The van der Waals surface area contributed by atoms with Crippen LogP contribution < -0.4 is 16.0 Å². The van der Waals surface area contributed by atoms with Crippen LogP contribution >= 0.6 is 0 Å². The quantitative estimate of drug-likeness (QED) is 0.671. The van der Waals surface area contributed by atoms with E-state index in [4.69, 9.17) is 5.73 Å². The van der Waals surface area contributed by atoms with Gasteiger partial charge in [0, 0.05) is 13.6 Å². The molecule has 0 aliphatic carbocycles. The minimum absolute atomic E-state index is 0.0862. The van der Waals surface area contributed by atoms with Crippen LogP contribution in [0.4, 0.5) is 11.8 Å². The number of nitrogens with zero attached hydrogens (tertiary/aromatic N) is 4. The molecule has 8 heteroatoms. The summed E-state index contributed by atoms with van der Waals surface area (Å²) < 4.78 is 0. The molecule has 2 rings (SSSR count). The predicted octanol–water partition coefficient (Wildman–Crippen LogP) is -0.294. The number of H-pyrrole nitrogens is 1. The van der Waals surface area contributed by atoms with Crippen molar-refractivity contribution in [3.8, 4) is 0 Å². The van der Waals surface area contributed by atoms with Gasteiger partial charge in [0.25, 0.3) is 0 Å². The summed E-state index contributed by atoms with van der Waals surface area (Å²) in [7, 11) is 1.75. The third-order valence-corrected chi connectivity index (χ3v) is 2.38. The van der Waals surface area contributed by atoms with Crippen LogP contribution in [0, 0.1) is 0 Å². The molecular formula is C10H15N7O. The molecule has 0 bridgehead atoms. The Labute approximate surface area is 104 Å². The number of fused-ring (bicyclic) bond motifs is 1. The molecule has 0 saturated carbocycles. The first-order valence-corrected chi connectivity index (χ1v) is 5.56. The second-order valence-corrected chi connectivity index (χ2v) is 3.86. The standard InChI is InChI=1S/C10H15N7O/c1-3-12-10-14-8-6(4-13-16-8)9(15-10)17(2)5-7(11)18/h4H,3,5H2,1-2H3,(H2,11,18)(H2,12,13,14,15,16). The maximum atomic E-state index is 11.0. The molecule has 0 aromatic carbocycles. The highest BCUT2D eigenvalue weighted by atomic mass is 16.1. The average Bonchev–Trinajstić information content (AvgIpc) is 2.75. The Kier molecular flexibility index (Phi) is 3.26. The molecule has 0 aliphatic rings. The summed E-state index contributed by atoms with van der Waals surface area (Å²) in [5, 5.41) is 10.5. The van der Waals surface area contributed by atoms with E-state index in [-0.39, 0.29) is 6.54 Å². The van der Waals surface area contributed by atoms with Crippen LogP contribution in [-0.2, 0) is 4.79 Å². The van der Waals surface area contributed by atoms with Crippen molar-refractivity contribution in [3.63, 3.8) is 0 Å². The van der Waals surface area contributed by atoms with E-state index in [0.717, 1.165) is 5.39 Å². The normalized spacial score (nSPS) is 10.6. The zero-order chi connectivity index (χ0) is 13.1. The summed E-state index contributed by atoms with van der Waals surface area (Å²) in [5.41, 5.74) is 5.80. The van der Waals surface area contributed by atoms with Crippen molar-refractivity contribution in [2.45, 2.75) is 6.92 Å². The lowest BCUT2D eigenvalue weighted by Gasteiger charge is -2.17. The van der Waals surface area contributed by atoms with Crippen LogP contribution in [-0.4, -0.2) is 46.2 Å². The summed E-state index contributed by atoms with van der Waals surface area (Å²) in [6.45, 7) is 2.74. The van der Waals surface area contributed by atoms with Crippen molar-refractivity contribution >= 4 is 28.7 Å². The Balaban J connectivity index is 2.45. The number of aromatic nitrogens is 4. The van der Waals surface area contributed by atoms with E-state index in [1.807, 2.05) is 6.92 Å². The van der Waals surface area contributed by atoms with Gasteiger partial charge in [-0.3, -0.25) is 9.89 Å². The first-order chi connectivity index (χ1) is 8.61. The zero-order valence-electron chi connectivity index (χ0n) is 10.3. The van der Waals surface area contributed by atoms with Crippen LogP contribution in [0.1, 0.15) is 6.92 Å². The van der Waals surface area contributed by atoms with E-state index in [9.17, 15) is 4.79 Å². The fourth-order valence-corrected chi connectivity index (χ4v) is 1.66. The number of hydrogen-bond acceptors (Lipinski definition) is 6. The fourth-order valence-electron chi connectivity index (χ4n) is 1.66. The summed E-state index contributed by atoms with van der Waals surface area (Å²) >= 11 is 0. The van der Waals surface area contributed by atoms with Crippen molar-refractivity contribution in [2.75, 3.05) is 30.4 Å². The van der Waals surface area contributed by atoms with Crippen LogP contribution in [0.5, 0.6) is 0 Å². The van der Waals surface area contributed by atoms with Gasteiger partial charge in [0.1, 0.15) is 5.82 Å². The van der Waals surface area contributed by atoms with E-state index in [2.05, 4.69) is 25.5 Å². The number of likely N-dealkylation sites (N-methyl/N-ethyl adjacent to an activating group) is 1. The van der Waals surface area contributed by atoms with E-state index in [1.165, 1.54) is 0 Å². The molecule has 2 heterocycles. The van der Waals surface area contributed by atoms with Crippen LogP contribution in [0.15, 0.2) is 6.20 Å². The Morgan fingerprint density at radius 2 is 2.33 bits per heavy atom. The molecule has 1 amide bonds. The summed E-state index contributed by atoms with van der Waals surface area (Å²) in [6, 6.07) is 0. The molecule has 0 fully saturated rings. The van der Waals surface area contributed by atoms with Gasteiger partial charge < -0.3 is 16.0 Å². The molecule has 2 aromatic rings. The van der Waals surface area contributed by atoms with Gasteiger partial charge in [-0.1, -0.05) is 0 Å². The molecule has 0 radical (unpaired) electrons. The lowest BCUT2D eigenvalue weighted by Crippen LogP contribution is -2.31. The second-order valence-electron chi connectivity index (χ2n) is 3.86. The third-order valence-electron chi connectivity index (χ3n) is 2.38. The lowest BCUT2D eigenvalue weighted by molar-refractivity contribution is -0.116. The lowest BCUT2D eigenvalue weighted by atomic mass is 10.3. The number of anilines is 2. The number of rotatable bonds is 5. The van der Waals surface area contributed by atoms with Gasteiger partial charge in [-0.05, 0) is 6.92 Å². The number of nitrogens with one attached hydrogen (secondary N) is 2. The second kappa shape index (κ2) is 4.86. The smallest absolute Gasteiger partial charge is 0.236 e. The summed E-state index contributed by atoms with van der Waals surface area (Å²) in [4.78, 5) is 21.3. The first-order valence-electron chi connectivity index (χ1n) is 5.56. The number of carbonyl (C=O) groups excluding carboxylic acids is 1. The minimum atomic E-state index is -0.419. The van der Waals surface area contributed by atoms with E-state index >= 15 is 0 Å². The molecular weight excluding hydrogens is 234 g/mol. The maximum absolute atomic E-state index is 11.0. The SMILES string of the molecule is CCNc1nc(N(C)CC(N)=O)c2cn[nH]c2n1. The molecule has 2 aromatic heterocycles. The molecule has 0 unspecified atom stereocenters. The van der Waals surface area contributed by atoms with Gasteiger partial charge in [0.05, 0.1) is 18.1 Å². The van der Waals surface area contributed by atoms with Crippen molar-refractivity contribution in [1.82, 2.24) is 20.2 Å². The molecule has 8 nitrogen and oxygen atoms in total. The Morgan fingerprint density at radius 3 is 3.00 bits per heavy atom. The van der Waals surface area contributed by atoms with Crippen LogP contribution in [0.2, 0.25) is 0 Å². The number of hydrogen-bond donors (Lipinski definition) is 3. The third kappa shape index (κ3) is 2.31. The zero-order valence-corrected chi connectivity index (χ0v) is 10.3. The van der Waals surface area contributed by atoms with E-state index in [0.29, 0.717) is 24.0 Å². The van der Waals surface area contributed by atoms with Gasteiger partial charge in [-0.2, -0.15) is 15.1 Å². The van der Waals surface area contributed by atoms with Crippen LogP contribution in [0.25, 0.3) is 11.0 Å². The Morgan fingerprint density at radius 1 is 1.56 bits per heavy atom. The van der Waals surface area contributed by atoms with Crippen molar-refractivity contribution in [1.29, 1.82) is 0 Å². The summed E-state index contributed by atoms with van der Waals surface area (Å²) in [5.74, 6) is 0.682. The molecule has 18 heavy (non-hydrogen) atoms. The Hall–Kier alpha value is -2.38. The van der Waals surface area contributed by atoms with Gasteiger partial charge in [0.15, 0.2) is 5.65 Å². The maximum Gasteiger partial charge on any atom is 0.236 e. The highest BCUT2D eigenvalue weighted by molar-refractivity contribution is 5.89. The van der Waals surface area contributed by atoms with Gasteiger partial charge in [-0.25, -0.2) is 0 Å². The molecule has 0 saturated heterocycles. The number of primary amides is 1. The van der Waals surface area contributed by atoms with Crippen molar-refractivity contribution < 1.29 is 4.79 Å². The Bertz CT molecular complexity index is 564. The van der Waals surface area contributed by atoms with E-state index < -0.39 is 5.91 Å². The number of carbonyl (C=O) groups is 1. The predicted molar refractivity (Wildman–Crippen MR) is 68.3 cm³/mol. The monoisotopic (exact) mass is 249 g/mol. The van der Waals surface area contributed by atoms with Gasteiger partial charge in [-0.15, -0.1) is 0 Å². The van der Waals surface area contributed by atoms with E-state index in [1.54, 1.807) is 18.1 Å². The highest BCUT2D eigenvalue weighted by Crippen LogP contribution is 2.22. The largest absolute Gasteiger partial charge is 0.368 e. The minimum Gasteiger partial charge on any atom is -0.368 e. The number of amides is 1. The van der Waals surface area contributed by atoms with Crippen molar-refractivity contribution in [2.24, 2.45) is 5.73 Å². The molecule has 4 N–H and O–H groups in total. The molecule has 0 atom stereocenters. The topological polar surface area (TPSA) is 113 Å². The van der Waals surface area contributed by atoms with Crippen LogP contribution in [0.3, 0.4) is 0 Å². The molecule has 0 spiro atoms. The molecule has 0 aliphatic heterocycles. The van der Waals surface area contributed by atoms with Gasteiger partial charge >= 0.3 is 0 Å². The van der Waals surface area contributed by atoms with Crippen molar-refractivity contribution in [3.05, 3.63) is 6.20 Å².